The third-order valence-electron chi connectivity index (χ3n) is 5.74. The molecule has 0 spiro atoms. The van der Waals surface area contributed by atoms with Gasteiger partial charge in [-0.05, 0) is 66.9 Å². The highest BCUT2D eigenvalue weighted by molar-refractivity contribution is 9.10. The fraction of sp³-hybridized carbons (Fsp3) is 0.185. The molecular weight excluding hydrogens is 500 g/mol. The fourth-order valence-corrected chi connectivity index (χ4v) is 4.29. The maximum Gasteiger partial charge on any atom is 0.343 e. The van der Waals surface area contributed by atoms with E-state index in [1.165, 1.54) is 0 Å². The van der Waals surface area contributed by atoms with Gasteiger partial charge in [0.2, 0.25) is 5.43 Å². The number of carbonyl (C=O) groups is 1. The van der Waals surface area contributed by atoms with Gasteiger partial charge in [0.1, 0.15) is 30.3 Å². The first-order valence-corrected chi connectivity index (χ1v) is 11.7. The molecule has 0 atom stereocenters. The number of rotatable bonds is 4. The first-order chi connectivity index (χ1) is 16.4. The van der Waals surface area contributed by atoms with Crippen LogP contribution < -0.4 is 19.6 Å². The van der Waals surface area contributed by atoms with Crippen molar-refractivity contribution in [2.24, 2.45) is 0 Å². The molecule has 172 valence electrons. The lowest BCUT2D eigenvalue weighted by atomic mass is 10.00. The van der Waals surface area contributed by atoms with Crippen LogP contribution in [0.3, 0.4) is 0 Å². The summed E-state index contributed by atoms with van der Waals surface area (Å²) in [6.07, 6.45) is 0.575. The summed E-state index contributed by atoms with van der Waals surface area (Å²) in [5, 5.41) is 0.427. The van der Waals surface area contributed by atoms with Crippen molar-refractivity contribution in [3.63, 3.8) is 0 Å². The highest BCUT2D eigenvalue weighted by Crippen LogP contribution is 2.36. The summed E-state index contributed by atoms with van der Waals surface area (Å²) < 4.78 is 23.9. The SMILES string of the molecule is CCc1cc2c(=O)c(-c3ccc4c(c3)OCCO4)c(C)oc2cc1OC(=O)c1ccc(Br)cc1. The van der Waals surface area contributed by atoms with Crippen LogP contribution in [0.2, 0.25) is 0 Å². The zero-order chi connectivity index (χ0) is 23.8. The summed E-state index contributed by atoms with van der Waals surface area (Å²) in [5.41, 5.74) is 2.53. The van der Waals surface area contributed by atoms with Crippen molar-refractivity contribution in [1.82, 2.24) is 0 Å². The number of halogens is 1. The van der Waals surface area contributed by atoms with Crippen LogP contribution in [0.25, 0.3) is 22.1 Å². The van der Waals surface area contributed by atoms with E-state index < -0.39 is 5.97 Å². The Balaban J connectivity index is 1.57. The molecule has 0 saturated carbocycles. The minimum Gasteiger partial charge on any atom is -0.486 e. The van der Waals surface area contributed by atoms with Gasteiger partial charge < -0.3 is 18.6 Å². The van der Waals surface area contributed by atoms with Crippen molar-refractivity contribution in [1.29, 1.82) is 0 Å². The van der Waals surface area contributed by atoms with Gasteiger partial charge in [-0.2, -0.15) is 0 Å². The molecule has 6 nitrogen and oxygen atoms in total. The van der Waals surface area contributed by atoms with Gasteiger partial charge in [-0.1, -0.05) is 28.9 Å². The van der Waals surface area contributed by atoms with E-state index in [4.69, 9.17) is 18.6 Å². The van der Waals surface area contributed by atoms with Gasteiger partial charge in [-0.15, -0.1) is 0 Å². The van der Waals surface area contributed by atoms with E-state index in [2.05, 4.69) is 15.9 Å². The largest absolute Gasteiger partial charge is 0.486 e. The van der Waals surface area contributed by atoms with Crippen LogP contribution in [0.5, 0.6) is 17.2 Å². The van der Waals surface area contributed by atoms with Gasteiger partial charge in [0.25, 0.3) is 0 Å². The van der Waals surface area contributed by atoms with Gasteiger partial charge in [-0.25, -0.2) is 4.79 Å². The lowest BCUT2D eigenvalue weighted by molar-refractivity contribution is 0.0733. The smallest absolute Gasteiger partial charge is 0.343 e. The van der Waals surface area contributed by atoms with Crippen LogP contribution in [0.1, 0.15) is 28.6 Å². The zero-order valence-corrected chi connectivity index (χ0v) is 20.2. The van der Waals surface area contributed by atoms with Crippen LogP contribution >= 0.6 is 15.9 Å². The summed E-state index contributed by atoms with van der Waals surface area (Å²) in [5.74, 6) is 1.62. The predicted octanol–water partition coefficient (Wildman–Crippen LogP) is 6.08. The zero-order valence-electron chi connectivity index (χ0n) is 18.6. The second-order valence-electron chi connectivity index (χ2n) is 7.93. The second kappa shape index (κ2) is 8.99. The molecule has 1 aliphatic rings. The fourth-order valence-electron chi connectivity index (χ4n) is 4.03. The minimum absolute atomic E-state index is 0.157. The first-order valence-electron chi connectivity index (χ1n) is 10.9. The van der Waals surface area contributed by atoms with Crippen LogP contribution in [0, 0.1) is 6.92 Å². The normalized spacial score (nSPS) is 12.6. The lowest BCUT2D eigenvalue weighted by Crippen LogP contribution is -2.15. The van der Waals surface area contributed by atoms with Gasteiger partial charge in [0.05, 0.1) is 16.5 Å². The van der Waals surface area contributed by atoms with Crippen molar-refractivity contribution in [3.8, 4) is 28.4 Å². The van der Waals surface area contributed by atoms with Gasteiger partial charge in [0.15, 0.2) is 11.5 Å². The maximum absolute atomic E-state index is 13.5. The predicted molar refractivity (Wildman–Crippen MR) is 132 cm³/mol. The maximum atomic E-state index is 13.5. The van der Waals surface area contributed by atoms with Gasteiger partial charge >= 0.3 is 5.97 Å². The number of esters is 1. The number of benzene rings is 3. The van der Waals surface area contributed by atoms with Crippen molar-refractivity contribution in [3.05, 3.63) is 86.2 Å². The molecule has 0 radical (unpaired) electrons. The van der Waals surface area contributed by atoms with Crippen molar-refractivity contribution in [2.75, 3.05) is 13.2 Å². The van der Waals surface area contributed by atoms with Crippen molar-refractivity contribution >= 4 is 32.9 Å². The van der Waals surface area contributed by atoms with Gasteiger partial charge in [-0.3, -0.25) is 4.79 Å². The number of hydrogen-bond acceptors (Lipinski definition) is 6. The van der Waals surface area contributed by atoms with Crippen LogP contribution in [0.15, 0.2) is 68.3 Å². The molecule has 0 N–H and O–H groups in total. The molecule has 2 heterocycles. The molecule has 0 unspecified atom stereocenters. The van der Waals surface area contributed by atoms with Crippen LogP contribution in [-0.4, -0.2) is 19.2 Å². The average molecular weight is 521 g/mol. The van der Waals surface area contributed by atoms with E-state index in [0.717, 1.165) is 10.0 Å². The third-order valence-corrected chi connectivity index (χ3v) is 6.27. The summed E-state index contributed by atoms with van der Waals surface area (Å²) >= 11 is 3.36. The summed E-state index contributed by atoms with van der Waals surface area (Å²) in [6.45, 7) is 4.64. The Bertz CT molecular complexity index is 1470. The van der Waals surface area contributed by atoms with Crippen molar-refractivity contribution in [2.45, 2.75) is 20.3 Å². The van der Waals surface area contributed by atoms with E-state index in [9.17, 15) is 9.59 Å². The van der Waals surface area contributed by atoms with Crippen molar-refractivity contribution < 1.29 is 23.4 Å². The number of fused-ring (bicyclic) bond motifs is 2. The standard InChI is InChI=1S/C27H21BrO6/c1-3-16-12-20-23(14-22(16)34-27(30)17-4-7-19(28)8-5-17)33-15(2)25(26(20)29)18-6-9-21-24(13-18)32-11-10-31-21/h4-9,12-14H,3,10-11H2,1-2H3. The molecule has 1 aromatic heterocycles. The Hall–Kier alpha value is -3.58. The Kier molecular flexibility index (Phi) is 5.87. The van der Waals surface area contributed by atoms with Gasteiger partial charge in [0, 0.05) is 10.5 Å². The molecular formula is C27H21BrO6. The first kappa shape index (κ1) is 22.2. The summed E-state index contributed by atoms with van der Waals surface area (Å²) in [4.78, 5) is 26.2. The van der Waals surface area contributed by atoms with Crippen LogP contribution in [0.4, 0.5) is 0 Å². The van der Waals surface area contributed by atoms with E-state index in [0.29, 0.717) is 70.3 Å². The van der Waals surface area contributed by atoms with E-state index >= 15 is 0 Å². The van der Waals surface area contributed by atoms with Crippen LogP contribution in [-0.2, 0) is 6.42 Å². The molecule has 1 aliphatic heterocycles. The Morgan fingerprint density at radius 3 is 2.47 bits per heavy atom. The number of hydrogen-bond donors (Lipinski definition) is 0. The molecule has 5 rings (SSSR count). The monoisotopic (exact) mass is 520 g/mol. The second-order valence-corrected chi connectivity index (χ2v) is 8.84. The third kappa shape index (κ3) is 4.07. The molecule has 0 amide bonds. The molecule has 0 saturated heterocycles. The Morgan fingerprint density at radius 2 is 1.74 bits per heavy atom. The topological polar surface area (TPSA) is 75.0 Å². The minimum atomic E-state index is -0.478. The Morgan fingerprint density at radius 1 is 1.00 bits per heavy atom. The lowest BCUT2D eigenvalue weighted by Gasteiger charge is -2.19. The Labute approximate surface area is 204 Å². The summed E-state index contributed by atoms with van der Waals surface area (Å²) in [6, 6.07) is 15.7. The quantitative estimate of drug-likeness (QED) is 0.239. The van der Waals surface area contributed by atoms with E-state index in [1.54, 1.807) is 55.5 Å². The number of aryl methyl sites for hydroxylation is 2. The molecule has 4 aromatic rings. The molecule has 3 aromatic carbocycles. The highest BCUT2D eigenvalue weighted by Gasteiger charge is 2.20. The van der Waals surface area contributed by atoms with E-state index in [-0.39, 0.29) is 5.43 Å². The number of carbonyl (C=O) groups excluding carboxylic acids is 1. The molecule has 0 fully saturated rings. The molecule has 34 heavy (non-hydrogen) atoms. The molecule has 0 aliphatic carbocycles. The summed E-state index contributed by atoms with van der Waals surface area (Å²) in [7, 11) is 0. The van der Waals surface area contributed by atoms with E-state index in [1.807, 2.05) is 13.0 Å². The molecule has 0 bridgehead atoms. The molecule has 7 heteroatoms. The number of ether oxygens (including phenoxy) is 3. The highest BCUT2D eigenvalue weighted by atomic mass is 79.9. The average Bonchev–Trinajstić information content (AvgIpc) is 2.84.